The normalized spacial score (nSPS) is 27.6. The third-order valence-corrected chi connectivity index (χ3v) is 5.56. The molecule has 1 aliphatic carbocycles. The molecule has 122 valence electrons. The van der Waals surface area contributed by atoms with E-state index in [0.29, 0.717) is 23.4 Å². The molecule has 4 aliphatic rings. The van der Waals surface area contributed by atoms with Crippen LogP contribution in [0.5, 0.6) is 5.88 Å². The van der Waals surface area contributed by atoms with Crippen molar-refractivity contribution >= 4 is 5.69 Å². The highest BCUT2D eigenvalue weighted by molar-refractivity contribution is 5.63. The van der Waals surface area contributed by atoms with Crippen LogP contribution in [-0.2, 0) is 0 Å². The Morgan fingerprint density at radius 3 is 2.87 bits per heavy atom. The van der Waals surface area contributed by atoms with E-state index in [-0.39, 0.29) is 0 Å². The van der Waals surface area contributed by atoms with Crippen molar-refractivity contribution in [2.24, 2.45) is 11.8 Å². The van der Waals surface area contributed by atoms with E-state index in [4.69, 9.17) is 4.74 Å². The van der Waals surface area contributed by atoms with E-state index in [1.165, 1.54) is 38.8 Å². The molecule has 1 aromatic rings. The number of pyridine rings is 1. The van der Waals surface area contributed by atoms with E-state index in [2.05, 4.69) is 20.9 Å². The van der Waals surface area contributed by atoms with Crippen molar-refractivity contribution < 1.29 is 4.74 Å². The third kappa shape index (κ3) is 2.88. The maximum absolute atomic E-state index is 9.55. The summed E-state index contributed by atoms with van der Waals surface area (Å²) in [5, 5.41) is 9.55. The number of fused-ring (bicyclic) bond motifs is 4. The Bertz CT molecular complexity index is 622. The predicted molar refractivity (Wildman–Crippen MR) is 88.5 cm³/mol. The van der Waals surface area contributed by atoms with E-state index in [9.17, 15) is 5.26 Å². The Labute approximate surface area is 137 Å². The van der Waals surface area contributed by atoms with Crippen LogP contribution >= 0.6 is 0 Å². The molecule has 5 rings (SSSR count). The molecule has 2 bridgehead atoms. The van der Waals surface area contributed by atoms with Crippen LogP contribution < -0.4 is 9.64 Å². The Morgan fingerprint density at radius 2 is 2.13 bits per heavy atom. The molecular formula is C18H24N4O. The number of anilines is 1. The van der Waals surface area contributed by atoms with Gasteiger partial charge in [-0.05, 0) is 43.6 Å². The van der Waals surface area contributed by atoms with Crippen LogP contribution in [0.15, 0.2) is 12.3 Å². The molecule has 0 spiro atoms. The second-order valence-electron chi connectivity index (χ2n) is 7.23. The lowest BCUT2D eigenvalue weighted by molar-refractivity contribution is 0.128. The molecule has 3 saturated heterocycles. The first-order valence-electron chi connectivity index (χ1n) is 8.70. The monoisotopic (exact) mass is 312 g/mol. The molecule has 1 saturated carbocycles. The van der Waals surface area contributed by atoms with Gasteiger partial charge in [0.25, 0.3) is 0 Å². The first kappa shape index (κ1) is 14.8. The van der Waals surface area contributed by atoms with Crippen molar-refractivity contribution in [1.82, 2.24) is 9.88 Å². The predicted octanol–water partition coefficient (Wildman–Crippen LogP) is 2.27. The smallest absolute Gasteiger partial charge is 0.233 e. The fourth-order valence-corrected chi connectivity index (χ4v) is 4.19. The van der Waals surface area contributed by atoms with Crippen LogP contribution in [0.4, 0.5) is 5.69 Å². The molecule has 4 fully saturated rings. The Hall–Kier alpha value is -1.80. The second kappa shape index (κ2) is 6.01. The van der Waals surface area contributed by atoms with Crippen LogP contribution in [0.1, 0.15) is 31.2 Å². The van der Waals surface area contributed by atoms with Crippen LogP contribution in [-0.4, -0.2) is 49.2 Å². The number of methoxy groups -OCH3 is 1. The van der Waals surface area contributed by atoms with Crippen molar-refractivity contribution in [3.63, 3.8) is 0 Å². The molecule has 0 radical (unpaired) electrons. The number of piperidine rings is 1. The fourth-order valence-electron chi connectivity index (χ4n) is 4.19. The Balaban J connectivity index is 1.60. The minimum Gasteiger partial charge on any atom is -0.480 e. The summed E-state index contributed by atoms with van der Waals surface area (Å²) in [6.45, 7) is 4.56. The SMILES string of the molecule is COc1nccc(N2C[C@H]3CC[C@@H](C2)N(CC2CC2)C3)c1C#N. The van der Waals surface area contributed by atoms with E-state index in [0.717, 1.165) is 24.7 Å². The van der Waals surface area contributed by atoms with Crippen molar-refractivity contribution in [1.29, 1.82) is 5.26 Å². The number of aromatic nitrogens is 1. The quantitative estimate of drug-likeness (QED) is 0.853. The van der Waals surface area contributed by atoms with Gasteiger partial charge in [0.15, 0.2) is 0 Å². The molecule has 5 nitrogen and oxygen atoms in total. The topological polar surface area (TPSA) is 52.4 Å². The number of hydrogen-bond donors (Lipinski definition) is 0. The molecule has 3 aliphatic heterocycles. The summed E-state index contributed by atoms with van der Waals surface area (Å²) < 4.78 is 5.28. The van der Waals surface area contributed by atoms with Gasteiger partial charge in [0.05, 0.1) is 12.8 Å². The van der Waals surface area contributed by atoms with Gasteiger partial charge in [0.2, 0.25) is 5.88 Å². The first-order valence-corrected chi connectivity index (χ1v) is 8.70. The highest BCUT2D eigenvalue weighted by atomic mass is 16.5. The van der Waals surface area contributed by atoms with Crippen molar-refractivity contribution in [3.8, 4) is 11.9 Å². The van der Waals surface area contributed by atoms with E-state index in [1.54, 1.807) is 13.3 Å². The second-order valence-corrected chi connectivity index (χ2v) is 7.23. The highest BCUT2D eigenvalue weighted by Gasteiger charge is 2.38. The number of nitrogens with zero attached hydrogens (tertiary/aromatic N) is 4. The highest BCUT2D eigenvalue weighted by Crippen LogP contribution is 2.37. The average molecular weight is 312 g/mol. The molecule has 23 heavy (non-hydrogen) atoms. The van der Waals surface area contributed by atoms with Crippen LogP contribution in [0, 0.1) is 23.2 Å². The van der Waals surface area contributed by atoms with Gasteiger partial charge in [-0.1, -0.05) is 0 Å². The van der Waals surface area contributed by atoms with E-state index < -0.39 is 0 Å². The Kier molecular flexibility index (Phi) is 3.86. The zero-order valence-corrected chi connectivity index (χ0v) is 13.7. The van der Waals surface area contributed by atoms with Gasteiger partial charge in [-0.15, -0.1) is 0 Å². The van der Waals surface area contributed by atoms with E-state index in [1.807, 2.05) is 6.07 Å². The molecule has 5 heteroatoms. The summed E-state index contributed by atoms with van der Waals surface area (Å²) >= 11 is 0. The number of ether oxygens (including phenoxy) is 1. The zero-order valence-electron chi connectivity index (χ0n) is 13.7. The molecule has 0 aromatic carbocycles. The third-order valence-electron chi connectivity index (χ3n) is 5.56. The molecule has 0 N–H and O–H groups in total. The van der Waals surface area contributed by atoms with Crippen molar-refractivity contribution in [2.45, 2.75) is 31.7 Å². The molecular weight excluding hydrogens is 288 g/mol. The molecule has 0 amide bonds. The van der Waals surface area contributed by atoms with Crippen molar-refractivity contribution in [2.75, 3.05) is 38.2 Å². The summed E-state index contributed by atoms with van der Waals surface area (Å²) in [5.74, 6) is 2.09. The lowest BCUT2D eigenvalue weighted by atomic mass is 9.95. The lowest BCUT2D eigenvalue weighted by Crippen LogP contribution is -2.44. The van der Waals surface area contributed by atoms with Gasteiger partial charge in [-0.3, -0.25) is 4.90 Å². The first-order chi connectivity index (χ1) is 11.3. The molecule has 1 aromatic heterocycles. The average Bonchev–Trinajstić information content (AvgIpc) is 3.41. The standard InChI is InChI=1S/C18H24N4O/c1-23-18-16(8-19)17(6-7-20-18)22-11-14-4-5-15(12-22)21(10-14)9-13-2-3-13/h6-7,13-15H,2-5,9-12H2,1H3/t14-,15-/m0/s1. The van der Waals surface area contributed by atoms with Crippen LogP contribution in [0.25, 0.3) is 0 Å². The fraction of sp³-hybridized carbons (Fsp3) is 0.667. The summed E-state index contributed by atoms with van der Waals surface area (Å²) in [5.41, 5.74) is 1.56. The molecule has 4 heterocycles. The van der Waals surface area contributed by atoms with Gasteiger partial charge in [0.1, 0.15) is 11.6 Å². The summed E-state index contributed by atoms with van der Waals surface area (Å²) in [4.78, 5) is 9.30. The summed E-state index contributed by atoms with van der Waals surface area (Å²) in [7, 11) is 1.58. The van der Waals surface area contributed by atoms with Gasteiger partial charge >= 0.3 is 0 Å². The minimum absolute atomic E-state index is 0.441. The van der Waals surface area contributed by atoms with Crippen LogP contribution in [0.2, 0.25) is 0 Å². The summed E-state index contributed by atoms with van der Waals surface area (Å²) in [6, 6.07) is 4.89. The maximum atomic E-state index is 9.55. The molecule has 2 atom stereocenters. The zero-order chi connectivity index (χ0) is 15.8. The van der Waals surface area contributed by atoms with Gasteiger partial charge in [-0.2, -0.15) is 5.26 Å². The van der Waals surface area contributed by atoms with Gasteiger partial charge < -0.3 is 9.64 Å². The number of rotatable bonds is 4. The van der Waals surface area contributed by atoms with Gasteiger partial charge in [-0.25, -0.2) is 4.98 Å². The minimum atomic E-state index is 0.441. The van der Waals surface area contributed by atoms with Crippen molar-refractivity contribution in [3.05, 3.63) is 17.8 Å². The van der Waals surface area contributed by atoms with Gasteiger partial charge in [0, 0.05) is 38.4 Å². The van der Waals surface area contributed by atoms with E-state index >= 15 is 0 Å². The van der Waals surface area contributed by atoms with Crippen LogP contribution in [0.3, 0.4) is 0 Å². The number of hydrogen-bond acceptors (Lipinski definition) is 5. The Morgan fingerprint density at radius 1 is 1.26 bits per heavy atom. The largest absolute Gasteiger partial charge is 0.480 e. The number of nitriles is 1. The maximum Gasteiger partial charge on any atom is 0.233 e. The molecule has 0 unspecified atom stereocenters. The summed E-state index contributed by atoms with van der Waals surface area (Å²) in [6.07, 6.45) is 7.18. The lowest BCUT2D eigenvalue weighted by Gasteiger charge is -2.36.